The molecule has 0 radical (unpaired) electrons. The number of carbonyl (C=O) groups excluding carboxylic acids is 2. The Kier molecular flexibility index (Phi) is 3.72. The van der Waals surface area contributed by atoms with E-state index in [1.54, 1.807) is 0 Å². The first kappa shape index (κ1) is 14.8. The fourth-order valence-electron chi connectivity index (χ4n) is 4.22. The lowest BCUT2D eigenvalue weighted by molar-refractivity contribution is -0.166. The molecule has 1 N–H and O–H groups in total. The van der Waals surface area contributed by atoms with Crippen LogP contribution in [0.25, 0.3) is 0 Å². The lowest BCUT2D eigenvalue weighted by Gasteiger charge is -2.53. The number of amides is 2. The molecular formula is C16H26N2O3. The van der Waals surface area contributed by atoms with Gasteiger partial charge in [-0.2, -0.15) is 0 Å². The van der Waals surface area contributed by atoms with Crippen LogP contribution in [0.2, 0.25) is 0 Å². The van der Waals surface area contributed by atoms with Gasteiger partial charge in [0.2, 0.25) is 11.8 Å². The highest BCUT2D eigenvalue weighted by Gasteiger charge is 2.56. The number of nitrogens with one attached hydrogen (secondary N) is 1. The summed E-state index contributed by atoms with van der Waals surface area (Å²) < 4.78 is 5.47. The first-order valence-electron chi connectivity index (χ1n) is 8.26. The molecule has 1 unspecified atom stereocenters. The van der Waals surface area contributed by atoms with E-state index in [9.17, 15) is 9.59 Å². The summed E-state index contributed by atoms with van der Waals surface area (Å²) in [5, 5.41) is 3.07. The number of nitrogens with zero attached hydrogens (tertiary/aromatic N) is 1. The average Bonchev–Trinajstić information content (AvgIpc) is 2.92. The van der Waals surface area contributed by atoms with Crippen molar-refractivity contribution in [3.63, 3.8) is 0 Å². The second-order valence-corrected chi connectivity index (χ2v) is 6.99. The normalized spacial score (nSPS) is 31.5. The van der Waals surface area contributed by atoms with Crippen molar-refractivity contribution in [2.24, 2.45) is 0 Å². The fraction of sp³-hybridized carbons (Fsp3) is 0.875. The Labute approximate surface area is 126 Å². The largest absolute Gasteiger partial charge is 0.381 e. The molecule has 3 rings (SSSR count). The molecular weight excluding hydrogens is 268 g/mol. The summed E-state index contributed by atoms with van der Waals surface area (Å²) in [4.78, 5) is 27.8. The molecule has 2 saturated heterocycles. The second-order valence-electron chi connectivity index (χ2n) is 6.99. The number of ether oxygens (including phenoxy) is 1. The summed E-state index contributed by atoms with van der Waals surface area (Å²) in [5.41, 5.74) is -0.868. The monoisotopic (exact) mass is 294 g/mol. The van der Waals surface area contributed by atoms with Gasteiger partial charge < -0.3 is 15.0 Å². The number of hydrogen-bond acceptors (Lipinski definition) is 3. The highest BCUT2D eigenvalue weighted by Crippen LogP contribution is 2.40. The van der Waals surface area contributed by atoms with Crippen molar-refractivity contribution in [2.45, 2.75) is 75.9 Å². The van der Waals surface area contributed by atoms with Crippen LogP contribution in [0.3, 0.4) is 0 Å². The molecule has 1 atom stereocenters. The highest BCUT2D eigenvalue weighted by molar-refractivity contribution is 6.00. The maximum absolute atomic E-state index is 13.2. The quantitative estimate of drug-likeness (QED) is 0.841. The minimum Gasteiger partial charge on any atom is -0.381 e. The van der Waals surface area contributed by atoms with Gasteiger partial charge in [0, 0.05) is 18.8 Å². The van der Waals surface area contributed by atoms with E-state index >= 15 is 0 Å². The molecule has 0 aromatic carbocycles. The predicted octanol–water partition coefficient (Wildman–Crippen LogP) is 1.61. The Morgan fingerprint density at radius 3 is 2.38 bits per heavy atom. The first-order valence-corrected chi connectivity index (χ1v) is 8.26. The molecule has 1 aliphatic carbocycles. The van der Waals surface area contributed by atoms with E-state index in [1.165, 1.54) is 0 Å². The summed E-state index contributed by atoms with van der Waals surface area (Å²) in [7, 11) is 0. The predicted molar refractivity (Wildman–Crippen MR) is 78.7 cm³/mol. The van der Waals surface area contributed by atoms with Crippen LogP contribution in [0.1, 0.15) is 58.8 Å². The van der Waals surface area contributed by atoms with Gasteiger partial charge in [0.15, 0.2) is 0 Å². The standard InChI is InChI=1S/C16H26N2O3/c1-3-12-13(19)17-16(6-4-5-7-16)14(20)18(12)15(2)8-10-21-11-9-15/h12H,3-11H2,1-2H3,(H,17,19). The Morgan fingerprint density at radius 1 is 1.19 bits per heavy atom. The van der Waals surface area contributed by atoms with E-state index in [0.29, 0.717) is 19.6 Å². The lowest BCUT2D eigenvalue weighted by Crippen LogP contribution is -2.74. The van der Waals surface area contributed by atoms with Crippen molar-refractivity contribution in [1.82, 2.24) is 10.2 Å². The molecule has 0 bridgehead atoms. The van der Waals surface area contributed by atoms with E-state index in [4.69, 9.17) is 4.74 Å². The maximum Gasteiger partial charge on any atom is 0.249 e. The van der Waals surface area contributed by atoms with Crippen molar-refractivity contribution < 1.29 is 14.3 Å². The average molecular weight is 294 g/mol. The zero-order valence-electron chi connectivity index (χ0n) is 13.1. The van der Waals surface area contributed by atoms with Crippen molar-refractivity contribution in [1.29, 1.82) is 0 Å². The fourth-order valence-corrected chi connectivity index (χ4v) is 4.22. The summed E-state index contributed by atoms with van der Waals surface area (Å²) in [6, 6.07) is -0.327. The van der Waals surface area contributed by atoms with Crippen LogP contribution in [0.4, 0.5) is 0 Å². The van der Waals surface area contributed by atoms with E-state index in [0.717, 1.165) is 38.5 Å². The summed E-state index contributed by atoms with van der Waals surface area (Å²) in [6.07, 6.45) is 5.93. The lowest BCUT2D eigenvalue weighted by atomic mass is 9.82. The minimum absolute atomic E-state index is 0.0340. The Hall–Kier alpha value is -1.10. The van der Waals surface area contributed by atoms with Gasteiger partial charge in [-0.15, -0.1) is 0 Å². The highest BCUT2D eigenvalue weighted by atomic mass is 16.5. The van der Waals surface area contributed by atoms with Crippen LogP contribution in [-0.2, 0) is 14.3 Å². The maximum atomic E-state index is 13.2. The van der Waals surface area contributed by atoms with Gasteiger partial charge in [0.1, 0.15) is 11.6 Å². The van der Waals surface area contributed by atoms with Crippen LogP contribution in [-0.4, -0.2) is 47.0 Å². The van der Waals surface area contributed by atoms with E-state index in [2.05, 4.69) is 12.2 Å². The van der Waals surface area contributed by atoms with E-state index < -0.39 is 5.54 Å². The van der Waals surface area contributed by atoms with Gasteiger partial charge in [0.05, 0.1) is 0 Å². The number of carbonyl (C=O) groups is 2. The third-order valence-corrected chi connectivity index (χ3v) is 5.60. The van der Waals surface area contributed by atoms with Gasteiger partial charge in [-0.25, -0.2) is 0 Å². The molecule has 1 saturated carbocycles. The van der Waals surface area contributed by atoms with Crippen LogP contribution >= 0.6 is 0 Å². The molecule has 21 heavy (non-hydrogen) atoms. The number of rotatable bonds is 2. The van der Waals surface area contributed by atoms with Crippen LogP contribution in [0.5, 0.6) is 0 Å². The molecule has 5 heteroatoms. The molecule has 2 amide bonds. The number of piperazine rings is 1. The zero-order valence-corrected chi connectivity index (χ0v) is 13.1. The smallest absolute Gasteiger partial charge is 0.249 e. The molecule has 2 heterocycles. The molecule has 3 aliphatic rings. The number of hydrogen-bond donors (Lipinski definition) is 1. The van der Waals surface area contributed by atoms with Gasteiger partial charge in [-0.3, -0.25) is 9.59 Å². The summed E-state index contributed by atoms with van der Waals surface area (Å²) >= 11 is 0. The van der Waals surface area contributed by atoms with Gasteiger partial charge in [-0.05, 0) is 39.0 Å². The molecule has 0 aromatic rings. The van der Waals surface area contributed by atoms with Crippen molar-refractivity contribution in [2.75, 3.05) is 13.2 Å². The zero-order chi connectivity index (χ0) is 15.1. The van der Waals surface area contributed by atoms with Crippen LogP contribution < -0.4 is 5.32 Å². The van der Waals surface area contributed by atoms with Gasteiger partial charge in [0.25, 0.3) is 0 Å². The topological polar surface area (TPSA) is 58.6 Å². The SMILES string of the molecule is CCC1C(=O)NC2(CCCC2)C(=O)N1C1(C)CCOCC1. The minimum atomic E-state index is -0.621. The Morgan fingerprint density at radius 2 is 1.81 bits per heavy atom. The summed E-state index contributed by atoms with van der Waals surface area (Å²) in [6.45, 7) is 5.45. The second kappa shape index (κ2) is 5.27. The Balaban J connectivity index is 1.96. The molecule has 5 nitrogen and oxygen atoms in total. The third kappa shape index (κ3) is 2.26. The third-order valence-electron chi connectivity index (χ3n) is 5.60. The molecule has 2 aliphatic heterocycles. The first-order chi connectivity index (χ1) is 10.0. The van der Waals surface area contributed by atoms with E-state index in [1.807, 2.05) is 11.8 Å². The molecule has 3 fully saturated rings. The molecule has 0 aromatic heterocycles. The van der Waals surface area contributed by atoms with Crippen molar-refractivity contribution in [3.8, 4) is 0 Å². The van der Waals surface area contributed by atoms with Crippen LogP contribution in [0, 0.1) is 0 Å². The van der Waals surface area contributed by atoms with Gasteiger partial charge in [-0.1, -0.05) is 19.8 Å². The van der Waals surface area contributed by atoms with Crippen LogP contribution in [0.15, 0.2) is 0 Å². The van der Waals surface area contributed by atoms with Crippen molar-refractivity contribution in [3.05, 3.63) is 0 Å². The van der Waals surface area contributed by atoms with E-state index in [-0.39, 0.29) is 23.4 Å². The van der Waals surface area contributed by atoms with Gasteiger partial charge >= 0.3 is 0 Å². The summed E-state index contributed by atoms with van der Waals surface area (Å²) in [5.74, 6) is 0.183. The molecule has 1 spiro atoms. The molecule has 118 valence electrons. The van der Waals surface area contributed by atoms with Crippen molar-refractivity contribution >= 4 is 11.8 Å². The Bertz CT molecular complexity index is 437.